The molecule has 0 bridgehead atoms. The Bertz CT molecular complexity index is 710. The van der Waals surface area contributed by atoms with Gasteiger partial charge in [0.2, 0.25) is 0 Å². The van der Waals surface area contributed by atoms with Crippen LogP contribution in [0.1, 0.15) is 5.69 Å². The third kappa shape index (κ3) is 1.75. The van der Waals surface area contributed by atoms with Crippen molar-refractivity contribution in [2.75, 3.05) is 0 Å². The lowest BCUT2D eigenvalue weighted by atomic mass is 10.2. The smallest absolute Gasteiger partial charge is 0.182 e. The molecule has 5 nitrogen and oxygen atoms in total. The van der Waals surface area contributed by atoms with Gasteiger partial charge < -0.3 is 5.11 Å². The van der Waals surface area contributed by atoms with E-state index in [0.29, 0.717) is 17.0 Å². The van der Waals surface area contributed by atoms with E-state index < -0.39 is 0 Å². The van der Waals surface area contributed by atoms with Crippen LogP contribution in [-0.2, 0) is 0 Å². The molecule has 0 amide bonds. The van der Waals surface area contributed by atoms with Crippen LogP contribution in [0.15, 0.2) is 36.7 Å². The Balaban J connectivity index is 2.21. The number of phenols is 1. The van der Waals surface area contributed by atoms with E-state index in [9.17, 15) is 5.11 Å². The number of rotatable bonds is 1. The highest BCUT2D eigenvalue weighted by Gasteiger charge is 2.07. The Kier molecular flexibility index (Phi) is 2.37. The molecule has 0 spiro atoms. The first-order valence-corrected chi connectivity index (χ1v) is 5.49. The molecular formula is C13H10N4O. The summed E-state index contributed by atoms with van der Waals surface area (Å²) in [6.45, 7) is 1.88. The van der Waals surface area contributed by atoms with Crippen LogP contribution in [0, 0.1) is 6.92 Å². The van der Waals surface area contributed by atoms with Crippen molar-refractivity contribution in [2.45, 2.75) is 6.92 Å². The minimum absolute atomic E-state index is 0.219. The number of hydrogen-bond donors (Lipinski definition) is 1. The summed E-state index contributed by atoms with van der Waals surface area (Å²) in [7, 11) is 0. The molecule has 2 aromatic heterocycles. The number of fused-ring (bicyclic) bond motifs is 1. The number of aromatic nitrogens is 4. The first-order chi connectivity index (χ1) is 8.74. The number of hydrogen-bond acceptors (Lipinski definition) is 5. The fourth-order valence-corrected chi connectivity index (χ4v) is 1.74. The van der Waals surface area contributed by atoms with Gasteiger partial charge in [0.15, 0.2) is 11.5 Å². The minimum Gasteiger partial charge on any atom is -0.508 e. The van der Waals surface area contributed by atoms with Crippen molar-refractivity contribution in [2.24, 2.45) is 0 Å². The first-order valence-electron chi connectivity index (χ1n) is 5.49. The van der Waals surface area contributed by atoms with Crippen LogP contribution < -0.4 is 0 Å². The van der Waals surface area contributed by atoms with Crippen LogP contribution in [0.5, 0.6) is 5.75 Å². The monoisotopic (exact) mass is 238 g/mol. The largest absolute Gasteiger partial charge is 0.508 e. The molecule has 0 aliphatic carbocycles. The Morgan fingerprint density at radius 3 is 2.44 bits per heavy atom. The molecule has 0 saturated heterocycles. The summed E-state index contributed by atoms with van der Waals surface area (Å²) in [5, 5.41) is 9.27. The van der Waals surface area contributed by atoms with Crippen molar-refractivity contribution in [3.8, 4) is 17.1 Å². The van der Waals surface area contributed by atoms with Gasteiger partial charge in [-0.15, -0.1) is 0 Å². The molecule has 0 radical (unpaired) electrons. The maximum absolute atomic E-state index is 9.27. The first kappa shape index (κ1) is 10.6. The molecule has 0 unspecified atom stereocenters. The quantitative estimate of drug-likeness (QED) is 0.702. The van der Waals surface area contributed by atoms with Gasteiger partial charge in [0.1, 0.15) is 11.3 Å². The number of aryl methyl sites for hydroxylation is 1. The average molecular weight is 238 g/mol. The standard InChI is InChI=1S/C13H10N4O/c1-8-11-13(15-7-6-14-11)17-12(16-8)9-2-4-10(18)5-3-9/h2-7,18H,1H3. The molecular weight excluding hydrogens is 228 g/mol. The Labute approximate surface area is 103 Å². The normalized spacial score (nSPS) is 10.7. The summed E-state index contributed by atoms with van der Waals surface area (Å²) in [6.07, 6.45) is 3.23. The summed E-state index contributed by atoms with van der Waals surface area (Å²) < 4.78 is 0. The highest BCUT2D eigenvalue weighted by molar-refractivity contribution is 5.74. The number of benzene rings is 1. The van der Waals surface area contributed by atoms with Crippen molar-refractivity contribution in [3.63, 3.8) is 0 Å². The Hall–Kier alpha value is -2.56. The topological polar surface area (TPSA) is 71.8 Å². The fourth-order valence-electron chi connectivity index (χ4n) is 1.74. The lowest BCUT2D eigenvalue weighted by molar-refractivity contribution is 0.475. The number of nitrogens with zero attached hydrogens (tertiary/aromatic N) is 4. The minimum atomic E-state index is 0.219. The molecule has 18 heavy (non-hydrogen) atoms. The number of phenolic OH excluding ortho intramolecular Hbond substituents is 1. The lowest BCUT2D eigenvalue weighted by Crippen LogP contribution is -1.97. The van der Waals surface area contributed by atoms with Crippen molar-refractivity contribution < 1.29 is 5.11 Å². The fraction of sp³-hybridized carbons (Fsp3) is 0.0769. The maximum atomic E-state index is 9.27. The van der Waals surface area contributed by atoms with E-state index in [0.717, 1.165) is 11.3 Å². The van der Waals surface area contributed by atoms with E-state index in [1.807, 2.05) is 6.92 Å². The van der Waals surface area contributed by atoms with E-state index in [1.54, 1.807) is 36.7 Å². The average Bonchev–Trinajstić information content (AvgIpc) is 2.39. The molecule has 0 aliphatic heterocycles. The molecule has 0 aliphatic rings. The Morgan fingerprint density at radius 2 is 1.67 bits per heavy atom. The van der Waals surface area contributed by atoms with Gasteiger partial charge in [0.25, 0.3) is 0 Å². The molecule has 3 aromatic rings. The second-order valence-electron chi connectivity index (χ2n) is 3.91. The molecule has 3 rings (SSSR count). The lowest BCUT2D eigenvalue weighted by Gasteiger charge is -2.04. The van der Waals surface area contributed by atoms with Gasteiger partial charge in [0, 0.05) is 18.0 Å². The summed E-state index contributed by atoms with van der Waals surface area (Å²) in [5.74, 6) is 0.802. The summed E-state index contributed by atoms with van der Waals surface area (Å²) >= 11 is 0. The zero-order valence-electron chi connectivity index (χ0n) is 9.70. The second kappa shape index (κ2) is 4.03. The van der Waals surface area contributed by atoms with Crippen LogP contribution >= 0.6 is 0 Å². The highest BCUT2D eigenvalue weighted by atomic mass is 16.3. The molecule has 0 fully saturated rings. The van der Waals surface area contributed by atoms with Gasteiger partial charge in [0.05, 0.1) is 5.69 Å². The second-order valence-corrected chi connectivity index (χ2v) is 3.91. The van der Waals surface area contributed by atoms with E-state index >= 15 is 0 Å². The highest BCUT2D eigenvalue weighted by Crippen LogP contribution is 2.20. The molecule has 1 aromatic carbocycles. The summed E-state index contributed by atoms with van der Waals surface area (Å²) in [5.41, 5.74) is 2.91. The predicted octanol–water partition coefficient (Wildman–Crippen LogP) is 2.10. The maximum Gasteiger partial charge on any atom is 0.182 e. The van der Waals surface area contributed by atoms with Crippen molar-refractivity contribution in [3.05, 3.63) is 42.4 Å². The third-order valence-electron chi connectivity index (χ3n) is 2.63. The van der Waals surface area contributed by atoms with Crippen molar-refractivity contribution in [1.82, 2.24) is 19.9 Å². The molecule has 88 valence electrons. The third-order valence-corrected chi connectivity index (χ3v) is 2.63. The van der Waals surface area contributed by atoms with Gasteiger partial charge >= 0.3 is 0 Å². The van der Waals surface area contributed by atoms with E-state index in [-0.39, 0.29) is 5.75 Å². The molecule has 1 N–H and O–H groups in total. The van der Waals surface area contributed by atoms with Gasteiger partial charge in [-0.3, -0.25) is 0 Å². The summed E-state index contributed by atoms with van der Waals surface area (Å²) in [6, 6.07) is 6.75. The van der Waals surface area contributed by atoms with Crippen molar-refractivity contribution in [1.29, 1.82) is 0 Å². The van der Waals surface area contributed by atoms with Crippen LogP contribution in [0.25, 0.3) is 22.6 Å². The summed E-state index contributed by atoms with van der Waals surface area (Å²) in [4.78, 5) is 17.2. The predicted molar refractivity (Wildman–Crippen MR) is 67.0 cm³/mol. The van der Waals surface area contributed by atoms with E-state index in [4.69, 9.17) is 0 Å². The SMILES string of the molecule is Cc1nc(-c2ccc(O)cc2)nc2nccnc12. The van der Waals surface area contributed by atoms with E-state index in [1.165, 1.54) is 0 Å². The van der Waals surface area contributed by atoms with Crippen LogP contribution in [0.2, 0.25) is 0 Å². The number of aromatic hydroxyl groups is 1. The zero-order chi connectivity index (χ0) is 12.5. The van der Waals surface area contributed by atoms with Crippen LogP contribution in [0.4, 0.5) is 0 Å². The molecule has 5 heteroatoms. The Morgan fingerprint density at radius 1 is 0.944 bits per heavy atom. The van der Waals surface area contributed by atoms with Crippen molar-refractivity contribution >= 4 is 11.2 Å². The van der Waals surface area contributed by atoms with Gasteiger partial charge in [-0.2, -0.15) is 0 Å². The van der Waals surface area contributed by atoms with Gasteiger partial charge in [-0.1, -0.05) is 0 Å². The molecule has 2 heterocycles. The van der Waals surface area contributed by atoms with Crippen LogP contribution in [0.3, 0.4) is 0 Å². The van der Waals surface area contributed by atoms with E-state index in [2.05, 4.69) is 19.9 Å². The van der Waals surface area contributed by atoms with Gasteiger partial charge in [-0.25, -0.2) is 19.9 Å². The molecule has 0 atom stereocenters. The molecule has 0 saturated carbocycles. The van der Waals surface area contributed by atoms with Crippen LogP contribution in [-0.4, -0.2) is 25.0 Å². The zero-order valence-corrected chi connectivity index (χ0v) is 9.70. The van der Waals surface area contributed by atoms with Gasteiger partial charge in [-0.05, 0) is 31.2 Å².